The number of hydrogen-bond donors (Lipinski definition) is 2. The van der Waals surface area contributed by atoms with Gasteiger partial charge in [-0.15, -0.1) is 0 Å². The lowest BCUT2D eigenvalue weighted by Crippen LogP contribution is -2.28. The maximum atomic E-state index is 12.8. The number of rotatable bonds is 6. The van der Waals surface area contributed by atoms with E-state index in [1.165, 1.54) is 5.56 Å². The van der Waals surface area contributed by atoms with Crippen LogP contribution in [0.3, 0.4) is 0 Å². The number of hydrogen-bond acceptors (Lipinski definition) is 3. The van der Waals surface area contributed by atoms with Crippen molar-refractivity contribution in [3.05, 3.63) is 95.1 Å². The number of carbonyl (C=O) groups is 2. The molecule has 0 radical (unpaired) electrons. The second-order valence-electron chi connectivity index (χ2n) is 6.83. The van der Waals surface area contributed by atoms with Crippen molar-refractivity contribution in [1.82, 2.24) is 5.32 Å². The van der Waals surface area contributed by atoms with Gasteiger partial charge in [0.05, 0.1) is 24.4 Å². The van der Waals surface area contributed by atoms with Crippen LogP contribution >= 0.6 is 0 Å². The van der Waals surface area contributed by atoms with Gasteiger partial charge in [0, 0.05) is 5.56 Å². The van der Waals surface area contributed by atoms with Crippen molar-refractivity contribution in [2.75, 3.05) is 12.4 Å². The molecule has 29 heavy (non-hydrogen) atoms. The first kappa shape index (κ1) is 20.1. The van der Waals surface area contributed by atoms with E-state index in [-0.39, 0.29) is 17.9 Å². The van der Waals surface area contributed by atoms with Crippen LogP contribution in [0.15, 0.2) is 72.8 Å². The molecular weight excluding hydrogens is 364 g/mol. The summed E-state index contributed by atoms with van der Waals surface area (Å²) < 4.78 is 5.11. The van der Waals surface area contributed by atoms with Crippen LogP contribution in [-0.2, 0) is 0 Å². The van der Waals surface area contributed by atoms with Gasteiger partial charge in [0.15, 0.2) is 0 Å². The van der Waals surface area contributed by atoms with Gasteiger partial charge in [-0.25, -0.2) is 0 Å². The molecule has 0 heterocycles. The van der Waals surface area contributed by atoms with E-state index in [1.807, 2.05) is 38.1 Å². The molecule has 5 nitrogen and oxygen atoms in total. The molecule has 5 heteroatoms. The second kappa shape index (κ2) is 9.06. The maximum Gasteiger partial charge on any atom is 0.255 e. The SMILES string of the molecule is COc1ccc(C(=O)Nc2ccccc2C(=O)NC(C)c2ccc(C)cc2)cc1. The van der Waals surface area contributed by atoms with Gasteiger partial charge in [-0.2, -0.15) is 0 Å². The van der Waals surface area contributed by atoms with Crippen LogP contribution in [-0.4, -0.2) is 18.9 Å². The lowest BCUT2D eigenvalue weighted by atomic mass is 10.1. The zero-order valence-electron chi connectivity index (χ0n) is 16.7. The van der Waals surface area contributed by atoms with Crippen LogP contribution in [0.4, 0.5) is 5.69 Å². The largest absolute Gasteiger partial charge is 0.497 e. The minimum atomic E-state index is -0.292. The van der Waals surface area contributed by atoms with Crippen molar-refractivity contribution in [2.45, 2.75) is 19.9 Å². The molecule has 2 N–H and O–H groups in total. The van der Waals surface area contributed by atoms with Crippen LogP contribution in [0, 0.1) is 6.92 Å². The normalized spacial score (nSPS) is 11.4. The lowest BCUT2D eigenvalue weighted by Gasteiger charge is -2.17. The highest BCUT2D eigenvalue weighted by atomic mass is 16.5. The molecule has 0 spiro atoms. The second-order valence-corrected chi connectivity index (χ2v) is 6.83. The number of benzene rings is 3. The molecule has 0 saturated heterocycles. The number of carbonyl (C=O) groups excluding carboxylic acids is 2. The van der Waals surface area contributed by atoms with Crippen molar-refractivity contribution in [1.29, 1.82) is 0 Å². The first-order valence-electron chi connectivity index (χ1n) is 9.40. The minimum Gasteiger partial charge on any atom is -0.497 e. The Kier molecular flexibility index (Phi) is 6.29. The summed E-state index contributed by atoms with van der Waals surface area (Å²) in [5.74, 6) is 0.134. The summed E-state index contributed by atoms with van der Waals surface area (Å²) in [6.45, 7) is 3.95. The van der Waals surface area contributed by atoms with Crippen molar-refractivity contribution in [3.8, 4) is 5.75 Å². The quantitative estimate of drug-likeness (QED) is 0.640. The third-order valence-corrected chi connectivity index (χ3v) is 4.70. The molecule has 0 saturated carbocycles. The molecule has 0 aliphatic heterocycles. The molecule has 2 amide bonds. The van der Waals surface area contributed by atoms with Crippen LogP contribution < -0.4 is 15.4 Å². The monoisotopic (exact) mass is 388 g/mol. The van der Waals surface area contributed by atoms with E-state index in [1.54, 1.807) is 55.6 Å². The third kappa shape index (κ3) is 5.02. The summed E-state index contributed by atoms with van der Waals surface area (Å²) in [4.78, 5) is 25.4. The van der Waals surface area contributed by atoms with Gasteiger partial charge in [0.25, 0.3) is 11.8 Å². The Hall–Kier alpha value is -3.60. The molecule has 3 rings (SSSR count). The molecule has 0 aliphatic carbocycles. The summed E-state index contributed by atoms with van der Waals surface area (Å²) >= 11 is 0. The first-order chi connectivity index (χ1) is 14.0. The number of nitrogens with one attached hydrogen (secondary N) is 2. The molecular formula is C24H24N2O3. The summed E-state index contributed by atoms with van der Waals surface area (Å²) in [5.41, 5.74) is 3.53. The Labute approximate surface area is 170 Å². The molecule has 0 aliphatic rings. The van der Waals surface area contributed by atoms with Crippen LogP contribution in [0.25, 0.3) is 0 Å². The van der Waals surface area contributed by atoms with Gasteiger partial charge >= 0.3 is 0 Å². The van der Waals surface area contributed by atoms with E-state index in [0.29, 0.717) is 22.6 Å². The minimum absolute atomic E-state index is 0.159. The molecule has 0 aromatic heterocycles. The van der Waals surface area contributed by atoms with E-state index in [4.69, 9.17) is 4.74 Å². The molecule has 1 atom stereocenters. The highest BCUT2D eigenvalue weighted by Gasteiger charge is 2.16. The Morgan fingerprint density at radius 3 is 2.17 bits per heavy atom. The van der Waals surface area contributed by atoms with Crippen molar-refractivity contribution in [3.63, 3.8) is 0 Å². The maximum absolute atomic E-state index is 12.8. The zero-order chi connectivity index (χ0) is 20.8. The summed E-state index contributed by atoms with van der Waals surface area (Å²) in [6, 6.07) is 21.6. The van der Waals surface area contributed by atoms with E-state index < -0.39 is 0 Å². The number of para-hydroxylation sites is 1. The predicted octanol–water partition coefficient (Wildman–Crippen LogP) is 4.75. The fourth-order valence-electron chi connectivity index (χ4n) is 2.94. The molecule has 148 valence electrons. The van der Waals surface area contributed by atoms with E-state index in [2.05, 4.69) is 10.6 Å². The molecule has 0 bridgehead atoms. The van der Waals surface area contributed by atoms with E-state index in [0.717, 1.165) is 5.56 Å². The van der Waals surface area contributed by atoms with E-state index >= 15 is 0 Å². The van der Waals surface area contributed by atoms with Gasteiger partial charge in [-0.1, -0.05) is 42.0 Å². The first-order valence-corrected chi connectivity index (χ1v) is 9.40. The fourth-order valence-corrected chi connectivity index (χ4v) is 2.94. The topological polar surface area (TPSA) is 67.4 Å². The van der Waals surface area contributed by atoms with Crippen molar-refractivity contribution >= 4 is 17.5 Å². The average Bonchev–Trinajstić information content (AvgIpc) is 2.74. The average molecular weight is 388 g/mol. The highest BCUT2D eigenvalue weighted by molar-refractivity contribution is 6.09. The van der Waals surface area contributed by atoms with Crippen LogP contribution in [0.2, 0.25) is 0 Å². The van der Waals surface area contributed by atoms with Gasteiger partial charge < -0.3 is 15.4 Å². The summed E-state index contributed by atoms with van der Waals surface area (Å²) in [6.07, 6.45) is 0. The number of methoxy groups -OCH3 is 1. The molecule has 3 aromatic carbocycles. The smallest absolute Gasteiger partial charge is 0.255 e. The molecule has 0 fully saturated rings. The van der Waals surface area contributed by atoms with Gasteiger partial charge in [0.2, 0.25) is 0 Å². The van der Waals surface area contributed by atoms with Gasteiger partial charge in [0.1, 0.15) is 5.75 Å². The van der Waals surface area contributed by atoms with Crippen LogP contribution in [0.5, 0.6) is 5.75 Å². The van der Waals surface area contributed by atoms with E-state index in [9.17, 15) is 9.59 Å². The Morgan fingerprint density at radius 1 is 0.862 bits per heavy atom. The number of aryl methyl sites for hydroxylation is 1. The number of amides is 2. The molecule has 3 aromatic rings. The van der Waals surface area contributed by atoms with Gasteiger partial charge in [-0.3, -0.25) is 9.59 Å². The standard InChI is InChI=1S/C24H24N2O3/c1-16-8-10-18(11-9-16)17(2)25-24(28)21-6-4-5-7-22(21)26-23(27)19-12-14-20(29-3)15-13-19/h4-15,17H,1-3H3,(H,25,28)(H,26,27). The highest BCUT2D eigenvalue weighted by Crippen LogP contribution is 2.20. The lowest BCUT2D eigenvalue weighted by molar-refractivity contribution is 0.0941. The number of ether oxygens (including phenoxy) is 1. The predicted molar refractivity (Wildman–Crippen MR) is 114 cm³/mol. The fraction of sp³-hybridized carbons (Fsp3) is 0.167. The number of anilines is 1. The van der Waals surface area contributed by atoms with Crippen molar-refractivity contribution in [2.24, 2.45) is 0 Å². The third-order valence-electron chi connectivity index (χ3n) is 4.70. The van der Waals surface area contributed by atoms with Crippen molar-refractivity contribution < 1.29 is 14.3 Å². The Bertz CT molecular complexity index is 995. The van der Waals surface area contributed by atoms with Crippen LogP contribution in [0.1, 0.15) is 44.8 Å². The summed E-state index contributed by atoms with van der Waals surface area (Å²) in [7, 11) is 1.57. The summed E-state index contributed by atoms with van der Waals surface area (Å²) in [5, 5.41) is 5.82. The zero-order valence-corrected chi connectivity index (χ0v) is 16.7. The Balaban J connectivity index is 1.74. The van der Waals surface area contributed by atoms with Gasteiger partial charge in [-0.05, 0) is 55.8 Å². The Morgan fingerprint density at radius 2 is 1.52 bits per heavy atom. The molecule has 1 unspecified atom stereocenters.